The van der Waals surface area contributed by atoms with Crippen LogP contribution in [0.1, 0.15) is 25.7 Å². The number of benzene rings is 1. The molecule has 182 valence electrons. The zero-order valence-corrected chi connectivity index (χ0v) is 20.6. The largest absolute Gasteiger partial charge is 0.467 e. The monoisotopic (exact) mass is 527 g/mol. The van der Waals surface area contributed by atoms with Gasteiger partial charge in [-0.3, -0.25) is 4.79 Å². The van der Waals surface area contributed by atoms with Gasteiger partial charge in [-0.1, -0.05) is 17.4 Å². The van der Waals surface area contributed by atoms with Crippen molar-refractivity contribution in [2.24, 2.45) is 5.92 Å². The number of sulfonamides is 1. The topological polar surface area (TPSA) is 79.8 Å². The zero-order valence-electron chi connectivity index (χ0n) is 18.2. The number of aromatic nitrogens is 1. The zero-order chi connectivity index (χ0) is 23.9. The van der Waals surface area contributed by atoms with Gasteiger partial charge in [0.25, 0.3) is 15.2 Å². The third kappa shape index (κ3) is 4.68. The normalized spacial score (nSPS) is 19.1. The molecule has 0 atom stereocenters. The fraction of sp³-hybridized carbons (Fsp3) is 0.455. The van der Waals surface area contributed by atoms with Crippen LogP contribution in [-0.2, 0) is 14.8 Å². The first kappa shape index (κ1) is 23.6. The van der Waals surface area contributed by atoms with Gasteiger partial charge in [-0.05, 0) is 30.4 Å². The number of halogens is 2. The number of rotatable bonds is 5. The van der Waals surface area contributed by atoms with Crippen molar-refractivity contribution < 1.29 is 26.7 Å². The third-order valence-electron chi connectivity index (χ3n) is 6.31. The summed E-state index contributed by atoms with van der Waals surface area (Å²) in [6, 6.07) is 5.36. The molecule has 2 fully saturated rings. The Labute approximate surface area is 204 Å². The highest BCUT2D eigenvalue weighted by Crippen LogP contribution is 2.32. The Balaban J connectivity index is 1.13. The Kier molecular flexibility index (Phi) is 6.58. The van der Waals surface area contributed by atoms with E-state index in [9.17, 15) is 22.0 Å². The number of fused-ring (bicyclic) bond motifs is 1. The molecule has 0 radical (unpaired) electrons. The smallest absolute Gasteiger partial charge is 0.274 e. The van der Waals surface area contributed by atoms with E-state index in [1.165, 1.54) is 21.7 Å². The van der Waals surface area contributed by atoms with E-state index in [1.807, 2.05) is 4.90 Å². The lowest BCUT2D eigenvalue weighted by Gasteiger charge is -2.36. The van der Waals surface area contributed by atoms with E-state index in [-0.39, 0.29) is 23.4 Å². The van der Waals surface area contributed by atoms with Crippen molar-refractivity contribution in [3.63, 3.8) is 0 Å². The molecule has 2 aliphatic heterocycles. The first-order valence-corrected chi connectivity index (χ1v) is 14.2. The minimum atomic E-state index is -3.48. The summed E-state index contributed by atoms with van der Waals surface area (Å²) in [5.74, 6) is -1.49. The van der Waals surface area contributed by atoms with Crippen LogP contribution >= 0.6 is 22.7 Å². The molecular weight excluding hydrogens is 504 g/mol. The van der Waals surface area contributed by atoms with Gasteiger partial charge in [0.2, 0.25) is 5.91 Å². The number of carbonyl (C=O) groups excluding carboxylic acids is 1. The van der Waals surface area contributed by atoms with Crippen LogP contribution in [-0.4, -0.2) is 60.8 Å². The molecule has 0 bridgehead atoms. The number of nitrogens with zero attached hydrogens (tertiary/aromatic N) is 3. The molecular formula is C22H23F2N3O4S3. The van der Waals surface area contributed by atoms with Crippen LogP contribution in [0.25, 0.3) is 10.2 Å². The van der Waals surface area contributed by atoms with Crippen LogP contribution in [0.3, 0.4) is 0 Å². The van der Waals surface area contributed by atoms with Gasteiger partial charge < -0.3 is 9.64 Å². The van der Waals surface area contributed by atoms with Crippen molar-refractivity contribution >= 4 is 48.8 Å². The summed E-state index contributed by atoms with van der Waals surface area (Å²) >= 11 is 2.30. The molecule has 5 rings (SSSR count). The highest BCUT2D eigenvalue weighted by Gasteiger charge is 2.35. The minimum Gasteiger partial charge on any atom is -0.467 e. The summed E-state index contributed by atoms with van der Waals surface area (Å²) in [6.45, 7) is 1.74. The molecule has 0 unspecified atom stereocenters. The predicted octanol–water partition coefficient (Wildman–Crippen LogP) is 4.11. The van der Waals surface area contributed by atoms with E-state index in [1.54, 1.807) is 17.5 Å². The number of thiazole rings is 1. The van der Waals surface area contributed by atoms with Gasteiger partial charge >= 0.3 is 0 Å². The number of hydrogen-bond acceptors (Lipinski definition) is 7. The van der Waals surface area contributed by atoms with Crippen molar-refractivity contribution in [1.82, 2.24) is 14.2 Å². The highest BCUT2D eigenvalue weighted by atomic mass is 32.2. The van der Waals surface area contributed by atoms with E-state index < -0.39 is 21.7 Å². The average Bonchev–Trinajstić information content (AvgIpc) is 3.50. The predicted molar refractivity (Wildman–Crippen MR) is 126 cm³/mol. The molecule has 0 N–H and O–H groups in total. The van der Waals surface area contributed by atoms with Crippen molar-refractivity contribution in [3.8, 4) is 5.19 Å². The quantitative estimate of drug-likeness (QED) is 0.499. The minimum absolute atomic E-state index is 0.0594. The summed E-state index contributed by atoms with van der Waals surface area (Å²) in [4.78, 5) is 19.0. The van der Waals surface area contributed by atoms with E-state index in [0.717, 1.165) is 17.4 Å². The van der Waals surface area contributed by atoms with Gasteiger partial charge in [0, 0.05) is 51.0 Å². The molecule has 3 aromatic rings. The molecule has 12 heteroatoms. The van der Waals surface area contributed by atoms with Gasteiger partial charge in [0.15, 0.2) is 5.82 Å². The molecule has 2 aliphatic rings. The molecule has 1 aromatic carbocycles. The maximum atomic E-state index is 13.9. The lowest BCUT2D eigenvalue weighted by molar-refractivity contribution is -0.138. The van der Waals surface area contributed by atoms with Crippen molar-refractivity contribution in [2.45, 2.75) is 36.0 Å². The summed E-state index contributed by atoms with van der Waals surface area (Å²) < 4.78 is 60.8. The Morgan fingerprint density at radius 2 is 1.82 bits per heavy atom. The number of amides is 1. The fourth-order valence-corrected chi connectivity index (χ4v) is 8.00. The molecule has 2 saturated heterocycles. The molecule has 34 heavy (non-hydrogen) atoms. The summed E-state index contributed by atoms with van der Waals surface area (Å²) in [5, 5.41) is 2.04. The molecule has 0 spiro atoms. The number of carbonyl (C=O) groups is 1. The van der Waals surface area contributed by atoms with E-state index in [2.05, 4.69) is 4.98 Å². The van der Waals surface area contributed by atoms with Crippen LogP contribution in [0.5, 0.6) is 5.19 Å². The Morgan fingerprint density at radius 1 is 1.09 bits per heavy atom. The summed E-state index contributed by atoms with van der Waals surface area (Å²) in [5.41, 5.74) is 0.0986. The van der Waals surface area contributed by atoms with Crippen LogP contribution in [0.2, 0.25) is 0 Å². The van der Waals surface area contributed by atoms with Crippen LogP contribution < -0.4 is 4.74 Å². The third-order valence-corrected chi connectivity index (χ3v) is 10.5. The van der Waals surface area contributed by atoms with Crippen LogP contribution in [0.15, 0.2) is 33.9 Å². The Morgan fingerprint density at radius 3 is 2.50 bits per heavy atom. The fourth-order valence-electron chi connectivity index (χ4n) is 4.46. The van der Waals surface area contributed by atoms with Gasteiger partial charge in [0.05, 0.1) is 4.70 Å². The van der Waals surface area contributed by atoms with E-state index in [0.29, 0.717) is 66.0 Å². The molecule has 2 aromatic heterocycles. The lowest BCUT2D eigenvalue weighted by Crippen LogP contribution is -2.47. The maximum absolute atomic E-state index is 13.9. The molecule has 0 saturated carbocycles. The average molecular weight is 528 g/mol. The SMILES string of the molecule is O=C(C1CCN(S(=O)(=O)c2cccs2)CC1)N1CCC(Oc2nc3c(F)cc(F)cc3s2)CC1. The molecule has 1 amide bonds. The van der Waals surface area contributed by atoms with Gasteiger partial charge in [-0.15, -0.1) is 11.3 Å². The first-order chi connectivity index (χ1) is 16.3. The van der Waals surface area contributed by atoms with Gasteiger partial charge in [0.1, 0.15) is 21.6 Å². The number of thiophene rings is 1. The van der Waals surface area contributed by atoms with Crippen LogP contribution in [0.4, 0.5) is 8.78 Å². The second-order valence-electron chi connectivity index (χ2n) is 8.47. The van der Waals surface area contributed by atoms with Crippen molar-refractivity contribution in [1.29, 1.82) is 0 Å². The second kappa shape index (κ2) is 9.48. The van der Waals surface area contributed by atoms with Gasteiger partial charge in [-0.25, -0.2) is 17.2 Å². The van der Waals surface area contributed by atoms with E-state index >= 15 is 0 Å². The van der Waals surface area contributed by atoms with Crippen LogP contribution in [0, 0.1) is 17.6 Å². The molecule has 7 nitrogen and oxygen atoms in total. The highest BCUT2D eigenvalue weighted by molar-refractivity contribution is 7.91. The number of piperidine rings is 2. The number of ether oxygens (including phenoxy) is 1. The van der Waals surface area contributed by atoms with Crippen molar-refractivity contribution in [2.75, 3.05) is 26.2 Å². The molecule has 4 heterocycles. The van der Waals surface area contributed by atoms with E-state index in [4.69, 9.17) is 4.74 Å². The second-order valence-corrected chi connectivity index (χ2v) is 12.6. The number of hydrogen-bond donors (Lipinski definition) is 0. The molecule has 0 aliphatic carbocycles. The Bertz CT molecular complexity index is 1280. The summed E-state index contributed by atoms with van der Waals surface area (Å²) in [6.07, 6.45) is 2.09. The maximum Gasteiger partial charge on any atom is 0.274 e. The summed E-state index contributed by atoms with van der Waals surface area (Å²) in [7, 11) is -3.48. The van der Waals surface area contributed by atoms with Crippen molar-refractivity contribution in [3.05, 3.63) is 41.3 Å². The Hall–Kier alpha value is -2.15. The van der Waals surface area contributed by atoms with Gasteiger partial charge in [-0.2, -0.15) is 9.29 Å². The first-order valence-electron chi connectivity index (χ1n) is 11.1. The lowest BCUT2D eigenvalue weighted by atomic mass is 9.95. The number of likely N-dealkylation sites (tertiary alicyclic amines) is 1. The standard InChI is InChI=1S/C22H23F2N3O4S3/c23-15-12-17(24)20-18(13-15)33-22(25-20)31-16-5-7-26(8-6-16)21(28)14-3-9-27(10-4-14)34(29,30)19-2-1-11-32-19/h1-2,11-14,16H,3-10H2.